The molecule has 0 spiro atoms. The smallest absolute Gasteiger partial charge is 0.0139 e. The Kier molecular flexibility index (Phi) is 4.57. The molecule has 2 nitrogen and oxygen atoms in total. The Labute approximate surface area is 105 Å². The lowest BCUT2D eigenvalue weighted by Crippen LogP contribution is -2.41. The Morgan fingerprint density at radius 2 is 1.88 bits per heavy atom. The van der Waals surface area contributed by atoms with Gasteiger partial charge in [0.15, 0.2) is 0 Å². The van der Waals surface area contributed by atoms with Gasteiger partial charge in [0.25, 0.3) is 0 Å². The highest BCUT2D eigenvalue weighted by atomic mass is 15.1. The number of hydrogen-bond acceptors (Lipinski definition) is 2. The molecule has 1 aromatic rings. The van der Waals surface area contributed by atoms with Gasteiger partial charge in [0.1, 0.15) is 0 Å². The van der Waals surface area contributed by atoms with E-state index in [4.69, 9.17) is 5.73 Å². The number of likely N-dealkylation sites (tertiary alicyclic amines) is 1. The molecule has 1 aliphatic heterocycles. The van der Waals surface area contributed by atoms with Crippen LogP contribution in [-0.2, 0) is 6.42 Å². The number of rotatable bonds is 4. The summed E-state index contributed by atoms with van der Waals surface area (Å²) in [5.41, 5.74) is 7.32. The normalized spacial score (nSPS) is 20.4. The Hall–Kier alpha value is -0.860. The van der Waals surface area contributed by atoms with Crippen molar-refractivity contribution in [1.82, 2.24) is 4.90 Å². The van der Waals surface area contributed by atoms with Crippen LogP contribution in [0.3, 0.4) is 0 Å². The van der Waals surface area contributed by atoms with Gasteiger partial charge in [-0.3, -0.25) is 0 Å². The van der Waals surface area contributed by atoms with Crippen molar-refractivity contribution in [2.24, 2.45) is 11.7 Å². The summed E-state index contributed by atoms with van der Waals surface area (Å²) in [6.45, 7) is 5.59. The fraction of sp³-hybridized carbons (Fsp3) is 0.600. The zero-order valence-corrected chi connectivity index (χ0v) is 10.8. The van der Waals surface area contributed by atoms with Gasteiger partial charge in [-0.1, -0.05) is 30.3 Å². The van der Waals surface area contributed by atoms with Crippen LogP contribution in [0.1, 0.15) is 25.3 Å². The van der Waals surface area contributed by atoms with Crippen LogP contribution in [0.5, 0.6) is 0 Å². The summed E-state index contributed by atoms with van der Waals surface area (Å²) in [7, 11) is 0. The molecule has 1 aromatic carbocycles. The SMILES string of the molecule is CC(N)CN1CCC(Cc2ccccc2)CC1. The molecule has 0 radical (unpaired) electrons. The molecule has 94 valence electrons. The zero-order valence-electron chi connectivity index (χ0n) is 10.8. The predicted octanol–water partition coefficient (Wildman–Crippen LogP) is 2.29. The van der Waals surface area contributed by atoms with Crippen molar-refractivity contribution in [2.75, 3.05) is 19.6 Å². The van der Waals surface area contributed by atoms with Crippen molar-refractivity contribution >= 4 is 0 Å². The van der Waals surface area contributed by atoms with E-state index in [-0.39, 0.29) is 0 Å². The van der Waals surface area contributed by atoms with Gasteiger partial charge in [-0.2, -0.15) is 0 Å². The van der Waals surface area contributed by atoms with Crippen LogP contribution < -0.4 is 5.73 Å². The Bertz CT molecular complexity index is 313. The predicted molar refractivity (Wildman–Crippen MR) is 73.0 cm³/mol. The van der Waals surface area contributed by atoms with Crippen LogP contribution in [0.2, 0.25) is 0 Å². The molecule has 1 saturated heterocycles. The highest BCUT2D eigenvalue weighted by Crippen LogP contribution is 2.21. The third kappa shape index (κ3) is 4.14. The van der Waals surface area contributed by atoms with Crippen molar-refractivity contribution in [2.45, 2.75) is 32.2 Å². The molecular formula is C15H24N2. The van der Waals surface area contributed by atoms with E-state index >= 15 is 0 Å². The zero-order chi connectivity index (χ0) is 12.1. The van der Waals surface area contributed by atoms with Crippen LogP contribution in [0.25, 0.3) is 0 Å². The maximum Gasteiger partial charge on any atom is 0.0139 e. The van der Waals surface area contributed by atoms with E-state index in [0.29, 0.717) is 6.04 Å². The summed E-state index contributed by atoms with van der Waals surface area (Å²) in [6.07, 6.45) is 3.89. The third-order valence-corrected chi connectivity index (χ3v) is 3.62. The second-order valence-corrected chi connectivity index (χ2v) is 5.41. The van der Waals surface area contributed by atoms with E-state index < -0.39 is 0 Å². The molecule has 1 atom stereocenters. The summed E-state index contributed by atoms with van der Waals surface area (Å²) < 4.78 is 0. The van der Waals surface area contributed by atoms with Crippen molar-refractivity contribution < 1.29 is 0 Å². The maximum absolute atomic E-state index is 5.84. The number of hydrogen-bond donors (Lipinski definition) is 1. The summed E-state index contributed by atoms with van der Waals surface area (Å²) in [5, 5.41) is 0. The third-order valence-electron chi connectivity index (χ3n) is 3.62. The molecular weight excluding hydrogens is 208 g/mol. The molecule has 17 heavy (non-hydrogen) atoms. The number of nitrogens with zero attached hydrogens (tertiary/aromatic N) is 1. The van der Waals surface area contributed by atoms with E-state index in [9.17, 15) is 0 Å². The van der Waals surface area contributed by atoms with Gasteiger partial charge in [-0.15, -0.1) is 0 Å². The molecule has 0 aliphatic carbocycles. The van der Waals surface area contributed by atoms with Crippen LogP contribution in [0.4, 0.5) is 0 Å². The number of piperidine rings is 1. The Morgan fingerprint density at radius 1 is 1.24 bits per heavy atom. The topological polar surface area (TPSA) is 29.3 Å². The molecule has 0 aromatic heterocycles. The lowest BCUT2D eigenvalue weighted by Gasteiger charge is -2.32. The summed E-state index contributed by atoms with van der Waals surface area (Å²) >= 11 is 0. The molecule has 0 saturated carbocycles. The molecule has 2 N–H and O–H groups in total. The first kappa shape index (κ1) is 12.6. The molecule has 2 heteroatoms. The summed E-state index contributed by atoms with van der Waals surface area (Å²) in [6, 6.07) is 11.2. The molecule has 1 heterocycles. The van der Waals surface area contributed by atoms with E-state index in [0.717, 1.165) is 12.5 Å². The van der Waals surface area contributed by atoms with Crippen LogP contribution in [0.15, 0.2) is 30.3 Å². The number of benzene rings is 1. The van der Waals surface area contributed by atoms with Gasteiger partial charge < -0.3 is 10.6 Å². The molecule has 1 unspecified atom stereocenters. The second kappa shape index (κ2) is 6.18. The maximum atomic E-state index is 5.84. The standard InChI is InChI=1S/C15H24N2/c1-13(16)12-17-9-7-15(8-10-17)11-14-5-3-2-4-6-14/h2-6,13,15H,7-12,16H2,1H3. The van der Waals surface area contributed by atoms with Crippen LogP contribution in [0, 0.1) is 5.92 Å². The van der Waals surface area contributed by atoms with Crippen molar-refractivity contribution in [3.8, 4) is 0 Å². The number of nitrogens with two attached hydrogens (primary N) is 1. The second-order valence-electron chi connectivity index (χ2n) is 5.41. The monoisotopic (exact) mass is 232 g/mol. The lowest BCUT2D eigenvalue weighted by molar-refractivity contribution is 0.177. The molecule has 1 fully saturated rings. The molecule has 1 aliphatic rings. The summed E-state index contributed by atoms with van der Waals surface area (Å²) in [5.74, 6) is 0.863. The van der Waals surface area contributed by atoms with Gasteiger partial charge in [-0.25, -0.2) is 0 Å². The molecule has 0 amide bonds. The van der Waals surface area contributed by atoms with Gasteiger partial charge in [0, 0.05) is 12.6 Å². The van der Waals surface area contributed by atoms with E-state index in [1.165, 1.54) is 37.9 Å². The molecule has 2 rings (SSSR count). The quantitative estimate of drug-likeness (QED) is 0.863. The highest BCUT2D eigenvalue weighted by molar-refractivity contribution is 5.15. The first-order valence-corrected chi connectivity index (χ1v) is 6.76. The highest BCUT2D eigenvalue weighted by Gasteiger charge is 2.19. The van der Waals surface area contributed by atoms with Gasteiger partial charge in [0.05, 0.1) is 0 Å². The van der Waals surface area contributed by atoms with Gasteiger partial charge in [-0.05, 0) is 50.8 Å². The minimum Gasteiger partial charge on any atom is -0.327 e. The van der Waals surface area contributed by atoms with Crippen molar-refractivity contribution in [3.63, 3.8) is 0 Å². The van der Waals surface area contributed by atoms with E-state index in [2.05, 4.69) is 42.2 Å². The van der Waals surface area contributed by atoms with Crippen molar-refractivity contribution in [1.29, 1.82) is 0 Å². The van der Waals surface area contributed by atoms with Crippen molar-refractivity contribution in [3.05, 3.63) is 35.9 Å². The fourth-order valence-corrected chi connectivity index (χ4v) is 2.73. The Balaban J connectivity index is 1.76. The minimum absolute atomic E-state index is 0.306. The molecule has 0 bridgehead atoms. The lowest BCUT2D eigenvalue weighted by atomic mass is 9.90. The fourth-order valence-electron chi connectivity index (χ4n) is 2.73. The van der Waals surface area contributed by atoms with Crippen LogP contribution >= 0.6 is 0 Å². The van der Waals surface area contributed by atoms with E-state index in [1.54, 1.807) is 0 Å². The van der Waals surface area contributed by atoms with Gasteiger partial charge >= 0.3 is 0 Å². The minimum atomic E-state index is 0.306. The summed E-state index contributed by atoms with van der Waals surface area (Å²) in [4.78, 5) is 2.51. The Morgan fingerprint density at radius 3 is 2.47 bits per heavy atom. The first-order chi connectivity index (χ1) is 8.24. The largest absolute Gasteiger partial charge is 0.327 e. The average Bonchev–Trinajstić information content (AvgIpc) is 2.32. The first-order valence-electron chi connectivity index (χ1n) is 6.76. The van der Waals surface area contributed by atoms with Gasteiger partial charge in [0.2, 0.25) is 0 Å². The average molecular weight is 232 g/mol. The van der Waals surface area contributed by atoms with Crippen LogP contribution in [-0.4, -0.2) is 30.6 Å². The van der Waals surface area contributed by atoms with E-state index in [1.807, 2.05) is 0 Å².